The quantitative estimate of drug-likeness (QED) is 0.794. The molecule has 152 valence electrons. The highest BCUT2D eigenvalue weighted by Crippen LogP contribution is 2.34. The van der Waals surface area contributed by atoms with Gasteiger partial charge in [-0.05, 0) is 62.8 Å². The Morgan fingerprint density at radius 3 is 2.61 bits per heavy atom. The highest BCUT2D eigenvalue weighted by molar-refractivity contribution is 7.91. The minimum Gasteiger partial charge on any atom is -0.369 e. The van der Waals surface area contributed by atoms with Gasteiger partial charge in [-0.15, -0.1) is 11.3 Å². The van der Waals surface area contributed by atoms with E-state index in [4.69, 9.17) is 0 Å². The second-order valence-corrected chi connectivity index (χ2v) is 10.9. The first-order chi connectivity index (χ1) is 13.3. The van der Waals surface area contributed by atoms with Gasteiger partial charge in [0.2, 0.25) is 0 Å². The number of sulfonamides is 1. The Morgan fingerprint density at radius 2 is 1.93 bits per heavy atom. The molecule has 0 bridgehead atoms. The van der Waals surface area contributed by atoms with Gasteiger partial charge in [-0.1, -0.05) is 6.07 Å². The number of fused-ring (bicyclic) bond motifs is 1. The van der Waals surface area contributed by atoms with Crippen molar-refractivity contribution in [1.29, 1.82) is 0 Å². The molecule has 2 aliphatic rings. The van der Waals surface area contributed by atoms with E-state index in [0.29, 0.717) is 9.90 Å². The molecule has 2 aromatic rings. The minimum absolute atomic E-state index is 0.0808. The Labute approximate surface area is 171 Å². The van der Waals surface area contributed by atoms with Crippen LogP contribution in [0.3, 0.4) is 0 Å². The highest BCUT2D eigenvalue weighted by Gasteiger charge is 2.30. The van der Waals surface area contributed by atoms with Crippen LogP contribution in [-0.2, 0) is 22.9 Å². The van der Waals surface area contributed by atoms with Crippen LogP contribution in [0, 0.1) is 20.8 Å². The van der Waals surface area contributed by atoms with Gasteiger partial charge in [-0.3, -0.25) is 0 Å². The smallest absolute Gasteiger partial charge is 0.252 e. The van der Waals surface area contributed by atoms with E-state index in [2.05, 4.69) is 39.0 Å². The molecule has 1 aromatic heterocycles. The molecule has 0 unspecified atom stereocenters. The predicted octanol–water partition coefficient (Wildman–Crippen LogP) is 2.31. The van der Waals surface area contributed by atoms with Crippen molar-refractivity contribution in [2.24, 2.45) is 0 Å². The van der Waals surface area contributed by atoms with Gasteiger partial charge in [-0.25, -0.2) is 18.1 Å². The molecule has 0 radical (unpaired) electrons. The van der Waals surface area contributed by atoms with E-state index in [1.165, 1.54) is 33.7 Å². The third-order valence-electron chi connectivity index (χ3n) is 5.72. The van der Waals surface area contributed by atoms with Gasteiger partial charge >= 0.3 is 0 Å². The molecule has 6 nitrogen and oxygen atoms in total. The molecular weight excluding hydrogens is 392 g/mol. The molecule has 1 aliphatic carbocycles. The topological polar surface area (TPSA) is 74.3 Å². The van der Waals surface area contributed by atoms with Crippen LogP contribution in [0.5, 0.6) is 0 Å². The monoisotopic (exact) mass is 420 g/mol. The van der Waals surface area contributed by atoms with Crippen molar-refractivity contribution in [2.75, 3.05) is 31.1 Å². The van der Waals surface area contributed by atoms with Crippen molar-refractivity contribution < 1.29 is 8.42 Å². The molecule has 1 saturated heterocycles. The average Bonchev–Trinajstić information content (AvgIpc) is 3.01. The van der Waals surface area contributed by atoms with E-state index < -0.39 is 10.0 Å². The third-order valence-corrected chi connectivity index (χ3v) is 8.92. The Hall–Kier alpha value is -1.48. The SMILES string of the molecule is Cc1nc(C)c(S(=O)(=O)N[C@@H]2CCc3c(C)ccc(N4CCNCC4)c3C2)s1. The molecule has 2 heterocycles. The van der Waals surface area contributed by atoms with E-state index in [1.54, 1.807) is 6.92 Å². The maximum atomic E-state index is 12.9. The number of rotatable bonds is 4. The molecule has 1 atom stereocenters. The number of aromatic nitrogens is 1. The second kappa shape index (κ2) is 7.74. The standard InChI is InChI=1S/C20H28N4O2S2/c1-13-4-7-19(24-10-8-21-9-11-24)18-12-16(5-6-17(13)18)23-28(25,26)20-14(2)22-15(3)27-20/h4,7,16,21,23H,5-6,8-12H2,1-3H3/t16-/m1/s1. The first-order valence-electron chi connectivity index (χ1n) is 9.88. The van der Waals surface area contributed by atoms with Crippen molar-refractivity contribution >= 4 is 27.0 Å². The number of benzene rings is 1. The summed E-state index contributed by atoms with van der Waals surface area (Å²) in [6.07, 6.45) is 2.48. The largest absolute Gasteiger partial charge is 0.369 e. The normalized spacial score (nSPS) is 20.2. The van der Waals surface area contributed by atoms with E-state index in [1.807, 2.05) is 6.92 Å². The third kappa shape index (κ3) is 3.83. The van der Waals surface area contributed by atoms with Crippen LogP contribution in [0.4, 0.5) is 5.69 Å². The highest BCUT2D eigenvalue weighted by atomic mass is 32.2. The summed E-state index contributed by atoms with van der Waals surface area (Å²) in [5, 5.41) is 4.18. The molecule has 0 spiro atoms. The fourth-order valence-corrected chi connectivity index (χ4v) is 7.15. The molecule has 28 heavy (non-hydrogen) atoms. The van der Waals surface area contributed by atoms with Gasteiger partial charge in [0.1, 0.15) is 0 Å². The first-order valence-corrected chi connectivity index (χ1v) is 12.2. The van der Waals surface area contributed by atoms with E-state index in [9.17, 15) is 8.42 Å². The Morgan fingerprint density at radius 1 is 1.18 bits per heavy atom. The summed E-state index contributed by atoms with van der Waals surface area (Å²) in [6, 6.07) is 4.35. The number of nitrogens with one attached hydrogen (secondary N) is 2. The number of hydrogen-bond donors (Lipinski definition) is 2. The van der Waals surface area contributed by atoms with Gasteiger partial charge < -0.3 is 10.2 Å². The zero-order valence-electron chi connectivity index (χ0n) is 16.7. The van der Waals surface area contributed by atoms with Crippen LogP contribution in [0.15, 0.2) is 16.3 Å². The lowest BCUT2D eigenvalue weighted by molar-refractivity contribution is 0.505. The van der Waals surface area contributed by atoms with E-state index in [0.717, 1.165) is 50.4 Å². The van der Waals surface area contributed by atoms with Crippen LogP contribution < -0.4 is 14.9 Å². The number of piperazine rings is 1. The fraction of sp³-hybridized carbons (Fsp3) is 0.550. The van der Waals surface area contributed by atoms with E-state index in [-0.39, 0.29) is 6.04 Å². The van der Waals surface area contributed by atoms with Crippen LogP contribution in [-0.4, -0.2) is 45.6 Å². The van der Waals surface area contributed by atoms with Crippen molar-refractivity contribution in [3.8, 4) is 0 Å². The van der Waals surface area contributed by atoms with Crippen molar-refractivity contribution in [2.45, 2.75) is 50.3 Å². The first kappa shape index (κ1) is 19.8. The summed E-state index contributed by atoms with van der Waals surface area (Å²) in [4.78, 5) is 6.71. The van der Waals surface area contributed by atoms with E-state index >= 15 is 0 Å². The van der Waals surface area contributed by atoms with Crippen LogP contribution in [0.1, 0.15) is 33.8 Å². The Bertz CT molecular complexity index is 978. The van der Waals surface area contributed by atoms with Gasteiger partial charge in [0.15, 0.2) is 4.21 Å². The second-order valence-electron chi connectivity index (χ2n) is 7.76. The molecule has 4 rings (SSSR count). The summed E-state index contributed by atoms with van der Waals surface area (Å²) >= 11 is 1.25. The molecular formula is C20H28N4O2S2. The number of thiazole rings is 1. The van der Waals surface area contributed by atoms with Gasteiger partial charge in [0.05, 0.1) is 10.7 Å². The molecule has 2 N–H and O–H groups in total. The van der Waals surface area contributed by atoms with Crippen LogP contribution >= 0.6 is 11.3 Å². The number of aryl methyl sites for hydroxylation is 3. The Balaban J connectivity index is 1.60. The zero-order chi connectivity index (χ0) is 19.9. The number of anilines is 1. The minimum atomic E-state index is -3.54. The fourth-order valence-electron chi connectivity index (χ4n) is 4.38. The van der Waals surface area contributed by atoms with Gasteiger partial charge in [-0.2, -0.15) is 0 Å². The van der Waals surface area contributed by atoms with Gasteiger partial charge in [0.25, 0.3) is 10.0 Å². The number of hydrogen-bond acceptors (Lipinski definition) is 6. The Kier molecular flexibility index (Phi) is 5.48. The maximum absolute atomic E-state index is 12.9. The van der Waals surface area contributed by atoms with Gasteiger partial charge in [0, 0.05) is 37.9 Å². The maximum Gasteiger partial charge on any atom is 0.252 e. The number of nitrogens with zero attached hydrogens (tertiary/aromatic N) is 2. The molecule has 1 fully saturated rings. The zero-order valence-corrected chi connectivity index (χ0v) is 18.3. The molecule has 0 saturated carbocycles. The summed E-state index contributed by atoms with van der Waals surface area (Å²) in [5.41, 5.74) is 5.89. The van der Waals surface area contributed by atoms with Crippen molar-refractivity contribution in [3.05, 3.63) is 39.5 Å². The lowest BCUT2D eigenvalue weighted by Gasteiger charge is -2.35. The lowest BCUT2D eigenvalue weighted by atomic mass is 9.84. The average molecular weight is 421 g/mol. The molecule has 1 aromatic carbocycles. The van der Waals surface area contributed by atoms with Crippen molar-refractivity contribution in [3.63, 3.8) is 0 Å². The summed E-state index contributed by atoms with van der Waals surface area (Å²) in [7, 11) is -3.54. The molecule has 8 heteroatoms. The summed E-state index contributed by atoms with van der Waals surface area (Å²) < 4.78 is 29.2. The summed E-state index contributed by atoms with van der Waals surface area (Å²) in [6.45, 7) is 9.73. The van der Waals surface area contributed by atoms with Crippen LogP contribution in [0.2, 0.25) is 0 Å². The van der Waals surface area contributed by atoms with Crippen LogP contribution in [0.25, 0.3) is 0 Å². The lowest BCUT2D eigenvalue weighted by Crippen LogP contribution is -2.45. The van der Waals surface area contributed by atoms with Crippen molar-refractivity contribution in [1.82, 2.24) is 15.0 Å². The molecule has 1 aliphatic heterocycles. The predicted molar refractivity (Wildman–Crippen MR) is 114 cm³/mol. The molecule has 0 amide bonds. The summed E-state index contributed by atoms with van der Waals surface area (Å²) in [5.74, 6) is 0.